The second-order valence-corrected chi connectivity index (χ2v) is 5.05. The van der Waals surface area contributed by atoms with Crippen LogP contribution < -0.4 is 0 Å². The van der Waals surface area contributed by atoms with Gasteiger partial charge in [0.2, 0.25) is 0 Å². The zero-order valence-electron chi connectivity index (χ0n) is 11.4. The van der Waals surface area contributed by atoms with Gasteiger partial charge < -0.3 is 5.11 Å². The van der Waals surface area contributed by atoms with Crippen molar-refractivity contribution in [1.29, 1.82) is 0 Å². The quantitative estimate of drug-likeness (QED) is 0.662. The molecule has 5 nitrogen and oxygen atoms in total. The minimum absolute atomic E-state index is 0.126. The van der Waals surface area contributed by atoms with Crippen LogP contribution in [0.3, 0.4) is 0 Å². The summed E-state index contributed by atoms with van der Waals surface area (Å²) in [5.41, 5.74) is 0.746. The highest BCUT2D eigenvalue weighted by Crippen LogP contribution is 2.20. The molecule has 5 heteroatoms. The summed E-state index contributed by atoms with van der Waals surface area (Å²) < 4.78 is 0. The predicted octanol–water partition coefficient (Wildman–Crippen LogP) is 2.45. The van der Waals surface area contributed by atoms with Crippen molar-refractivity contribution in [1.82, 2.24) is 4.90 Å². The first-order valence-corrected chi connectivity index (χ1v) is 6.97. The van der Waals surface area contributed by atoms with Crippen molar-refractivity contribution in [3.8, 4) is 0 Å². The van der Waals surface area contributed by atoms with E-state index in [9.17, 15) is 15.2 Å². The first-order valence-electron chi connectivity index (χ1n) is 6.97. The molecular weight excluding hydrogens is 256 g/mol. The number of rotatable bonds is 5. The van der Waals surface area contributed by atoms with E-state index in [1.807, 2.05) is 6.08 Å². The minimum Gasteiger partial charge on any atom is -0.395 e. The normalized spacial score (nSPS) is 20.4. The molecule has 0 aromatic heterocycles. The topological polar surface area (TPSA) is 66.6 Å². The lowest BCUT2D eigenvalue weighted by Gasteiger charge is -2.33. The molecule has 1 heterocycles. The van der Waals surface area contributed by atoms with Gasteiger partial charge in [0.25, 0.3) is 5.69 Å². The number of piperidine rings is 1. The van der Waals surface area contributed by atoms with Crippen molar-refractivity contribution in [3.05, 3.63) is 46.0 Å². The Labute approximate surface area is 118 Å². The lowest BCUT2D eigenvalue weighted by molar-refractivity contribution is -0.385. The molecule has 1 fully saturated rings. The van der Waals surface area contributed by atoms with Crippen molar-refractivity contribution >= 4 is 11.8 Å². The second kappa shape index (κ2) is 7.17. The van der Waals surface area contributed by atoms with Crippen LogP contribution >= 0.6 is 0 Å². The maximum Gasteiger partial charge on any atom is 0.276 e. The number of nitro groups is 1. The fraction of sp³-hybridized carbons (Fsp3) is 0.467. The molecule has 1 unspecified atom stereocenters. The van der Waals surface area contributed by atoms with Gasteiger partial charge in [-0.15, -0.1) is 0 Å². The zero-order chi connectivity index (χ0) is 14.4. The van der Waals surface area contributed by atoms with Crippen LogP contribution in [0.25, 0.3) is 6.08 Å². The minimum atomic E-state index is -0.364. The standard InChI is InChI=1S/C15H20N2O3/c18-12-14-8-3-4-10-16(14)11-5-7-13-6-1-2-9-15(13)17(19)20/h1-2,5-7,9,14,18H,3-4,8,10-12H2. The molecule has 1 aliphatic rings. The number of benzene rings is 1. The molecule has 1 aliphatic heterocycles. The van der Waals surface area contributed by atoms with Crippen LogP contribution in [-0.4, -0.2) is 40.7 Å². The monoisotopic (exact) mass is 276 g/mol. The van der Waals surface area contributed by atoms with Crippen LogP contribution in [0.15, 0.2) is 30.3 Å². The van der Waals surface area contributed by atoms with Crippen molar-refractivity contribution in [2.24, 2.45) is 0 Å². The summed E-state index contributed by atoms with van der Waals surface area (Å²) in [5, 5.41) is 20.3. The Kier molecular flexibility index (Phi) is 5.26. The van der Waals surface area contributed by atoms with Crippen LogP contribution in [-0.2, 0) is 0 Å². The van der Waals surface area contributed by atoms with E-state index in [-0.39, 0.29) is 23.3 Å². The van der Waals surface area contributed by atoms with Gasteiger partial charge in [-0.1, -0.05) is 30.7 Å². The highest BCUT2D eigenvalue weighted by Gasteiger charge is 2.20. The molecule has 20 heavy (non-hydrogen) atoms. The second-order valence-electron chi connectivity index (χ2n) is 5.05. The number of nitro benzene ring substituents is 1. The van der Waals surface area contributed by atoms with Crippen molar-refractivity contribution < 1.29 is 10.0 Å². The summed E-state index contributed by atoms with van der Waals surface area (Å²) in [4.78, 5) is 12.8. The number of aliphatic hydroxyl groups is 1. The first-order chi connectivity index (χ1) is 9.72. The molecule has 1 aromatic rings. The molecule has 0 amide bonds. The van der Waals surface area contributed by atoms with Gasteiger partial charge >= 0.3 is 0 Å². The van der Waals surface area contributed by atoms with Gasteiger partial charge in [0.1, 0.15) is 0 Å². The van der Waals surface area contributed by atoms with E-state index < -0.39 is 0 Å². The molecule has 2 rings (SSSR count). The Balaban J connectivity index is 2.01. The Morgan fingerprint density at radius 2 is 2.20 bits per heavy atom. The van der Waals surface area contributed by atoms with Crippen molar-refractivity contribution in [3.63, 3.8) is 0 Å². The van der Waals surface area contributed by atoms with Crippen molar-refractivity contribution in [2.75, 3.05) is 19.7 Å². The Bertz CT molecular complexity index is 488. The maximum absolute atomic E-state index is 10.9. The summed E-state index contributed by atoms with van der Waals surface area (Å²) in [7, 11) is 0. The van der Waals surface area contributed by atoms with Gasteiger partial charge in [-0.2, -0.15) is 0 Å². The molecular formula is C15H20N2O3. The zero-order valence-corrected chi connectivity index (χ0v) is 11.4. The van der Waals surface area contributed by atoms with Gasteiger partial charge in [0, 0.05) is 18.7 Å². The van der Waals surface area contributed by atoms with Gasteiger partial charge in [-0.25, -0.2) is 0 Å². The molecule has 1 atom stereocenters. The third-order valence-electron chi connectivity index (χ3n) is 3.73. The fourth-order valence-electron chi connectivity index (χ4n) is 2.62. The number of hydrogen-bond acceptors (Lipinski definition) is 4. The lowest BCUT2D eigenvalue weighted by Crippen LogP contribution is -2.41. The number of likely N-dealkylation sites (tertiary alicyclic amines) is 1. The molecule has 0 spiro atoms. The summed E-state index contributed by atoms with van der Waals surface area (Å²) in [6, 6.07) is 6.94. The van der Waals surface area contributed by atoms with E-state index in [1.54, 1.807) is 24.3 Å². The molecule has 108 valence electrons. The molecule has 1 N–H and O–H groups in total. The average molecular weight is 276 g/mol. The van der Waals surface area contributed by atoms with Gasteiger partial charge in [-0.3, -0.25) is 15.0 Å². The van der Waals surface area contributed by atoms with Gasteiger partial charge in [-0.05, 0) is 25.5 Å². The van der Waals surface area contributed by atoms with E-state index in [0.29, 0.717) is 5.56 Å². The maximum atomic E-state index is 10.9. The Morgan fingerprint density at radius 3 is 2.95 bits per heavy atom. The molecule has 0 aliphatic carbocycles. The summed E-state index contributed by atoms with van der Waals surface area (Å²) in [5.74, 6) is 0. The Morgan fingerprint density at radius 1 is 1.40 bits per heavy atom. The molecule has 0 saturated carbocycles. The van der Waals surface area contributed by atoms with Gasteiger partial charge in [0.05, 0.1) is 17.1 Å². The van der Waals surface area contributed by atoms with Crippen molar-refractivity contribution in [2.45, 2.75) is 25.3 Å². The number of hydrogen-bond donors (Lipinski definition) is 1. The van der Waals surface area contributed by atoms with E-state index >= 15 is 0 Å². The molecule has 1 aromatic carbocycles. The van der Waals surface area contributed by atoms with Crippen LogP contribution in [0, 0.1) is 10.1 Å². The van der Waals surface area contributed by atoms with E-state index in [1.165, 1.54) is 6.07 Å². The van der Waals surface area contributed by atoms with Gasteiger partial charge in [0.15, 0.2) is 0 Å². The largest absolute Gasteiger partial charge is 0.395 e. The molecule has 1 saturated heterocycles. The van der Waals surface area contributed by atoms with E-state index in [2.05, 4.69) is 4.90 Å². The average Bonchev–Trinajstić information content (AvgIpc) is 2.48. The number of nitrogens with zero attached hydrogens (tertiary/aromatic N) is 2. The fourth-order valence-corrected chi connectivity index (χ4v) is 2.62. The molecule has 0 bridgehead atoms. The molecule has 0 radical (unpaired) electrons. The van der Waals surface area contributed by atoms with Crippen LogP contribution in [0.4, 0.5) is 5.69 Å². The summed E-state index contributed by atoms with van der Waals surface area (Å²) in [6.07, 6.45) is 7.07. The predicted molar refractivity (Wildman–Crippen MR) is 78.4 cm³/mol. The van der Waals surface area contributed by atoms with Crippen LogP contribution in [0.2, 0.25) is 0 Å². The third-order valence-corrected chi connectivity index (χ3v) is 3.73. The first kappa shape index (κ1) is 14.7. The third kappa shape index (κ3) is 3.65. The highest BCUT2D eigenvalue weighted by molar-refractivity contribution is 5.60. The number of aliphatic hydroxyl groups excluding tert-OH is 1. The number of para-hydroxylation sites is 1. The van der Waals surface area contributed by atoms with Crippen LogP contribution in [0.1, 0.15) is 24.8 Å². The van der Waals surface area contributed by atoms with E-state index in [4.69, 9.17) is 0 Å². The van der Waals surface area contributed by atoms with E-state index in [0.717, 1.165) is 32.4 Å². The Hall–Kier alpha value is -1.72. The summed E-state index contributed by atoms with van der Waals surface area (Å²) >= 11 is 0. The highest BCUT2D eigenvalue weighted by atomic mass is 16.6. The smallest absolute Gasteiger partial charge is 0.276 e. The van der Waals surface area contributed by atoms with Crippen LogP contribution in [0.5, 0.6) is 0 Å². The SMILES string of the molecule is O=[N+]([O-])c1ccccc1C=CCN1CCCCC1CO. The summed E-state index contributed by atoms with van der Waals surface area (Å²) in [6.45, 7) is 1.88. The lowest BCUT2D eigenvalue weighted by atomic mass is 10.0.